The Bertz CT molecular complexity index is 927. The summed E-state index contributed by atoms with van der Waals surface area (Å²) in [5.41, 5.74) is 2.93. The zero-order valence-corrected chi connectivity index (χ0v) is 19.4. The zero-order chi connectivity index (χ0) is 22.5. The quantitative estimate of drug-likeness (QED) is 0.639. The molecule has 0 bridgehead atoms. The van der Waals surface area contributed by atoms with E-state index in [0.717, 1.165) is 37.7 Å². The first-order valence-electron chi connectivity index (χ1n) is 11.3. The number of hydrogen-bond acceptors (Lipinski definition) is 5. The van der Waals surface area contributed by atoms with Crippen molar-refractivity contribution in [2.45, 2.75) is 59.8 Å². The van der Waals surface area contributed by atoms with E-state index in [1.165, 1.54) is 7.11 Å². The lowest BCUT2D eigenvalue weighted by Crippen LogP contribution is -2.33. The van der Waals surface area contributed by atoms with Crippen LogP contribution in [0.15, 0.2) is 12.3 Å². The van der Waals surface area contributed by atoms with E-state index in [2.05, 4.69) is 24.1 Å². The van der Waals surface area contributed by atoms with Crippen molar-refractivity contribution in [1.82, 2.24) is 14.7 Å². The lowest BCUT2D eigenvalue weighted by molar-refractivity contribution is -0.146. The standard InChI is InChI=1S/C24H35N3O4/c1-15(2)10-11-31-20-12-16(3)14-27-21(17(4)26-22(20)27)23(28)25-13-18-6-8-19(9-7-18)24(29)30-5/h12,14-15,18-19H,6-11,13H2,1-5H3,(H,25,28)/t18-,19-. The fourth-order valence-electron chi connectivity index (χ4n) is 4.23. The lowest BCUT2D eigenvalue weighted by atomic mass is 9.82. The molecule has 1 aliphatic carbocycles. The monoisotopic (exact) mass is 429 g/mol. The van der Waals surface area contributed by atoms with E-state index in [1.807, 2.05) is 30.5 Å². The molecule has 2 heterocycles. The van der Waals surface area contributed by atoms with Crippen molar-refractivity contribution in [2.24, 2.45) is 17.8 Å². The molecule has 0 aromatic carbocycles. The summed E-state index contributed by atoms with van der Waals surface area (Å²) in [6.45, 7) is 9.40. The third-order valence-electron chi connectivity index (χ3n) is 6.10. The maximum atomic E-state index is 13.0. The van der Waals surface area contributed by atoms with Gasteiger partial charge in [0.1, 0.15) is 5.69 Å². The Morgan fingerprint density at radius 1 is 1.23 bits per heavy atom. The number of hydrogen-bond donors (Lipinski definition) is 1. The summed E-state index contributed by atoms with van der Waals surface area (Å²) in [7, 11) is 1.44. The molecule has 31 heavy (non-hydrogen) atoms. The van der Waals surface area contributed by atoms with E-state index < -0.39 is 0 Å². The van der Waals surface area contributed by atoms with E-state index >= 15 is 0 Å². The molecule has 1 saturated carbocycles. The van der Waals surface area contributed by atoms with Gasteiger partial charge in [0.05, 0.1) is 25.3 Å². The zero-order valence-electron chi connectivity index (χ0n) is 19.4. The van der Waals surface area contributed by atoms with Crippen LogP contribution in [-0.4, -0.2) is 41.5 Å². The number of imidazole rings is 1. The number of aromatic nitrogens is 2. The summed E-state index contributed by atoms with van der Waals surface area (Å²) in [5.74, 6) is 1.40. The lowest BCUT2D eigenvalue weighted by Gasteiger charge is -2.26. The fourth-order valence-corrected chi connectivity index (χ4v) is 4.23. The molecule has 7 nitrogen and oxygen atoms in total. The van der Waals surface area contributed by atoms with Crippen molar-refractivity contribution in [2.75, 3.05) is 20.3 Å². The highest BCUT2D eigenvalue weighted by atomic mass is 16.5. The molecule has 0 radical (unpaired) electrons. The Morgan fingerprint density at radius 3 is 2.58 bits per heavy atom. The van der Waals surface area contributed by atoms with Gasteiger partial charge in [0.15, 0.2) is 11.4 Å². The van der Waals surface area contributed by atoms with Crippen molar-refractivity contribution in [3.05, 3.63) is 29.2 Å². The van der Waals surface area contributed by atoms with Crippen LogP contribution in [-0.2, 0) is 9.53 Å². The molecule has 0 aliphatic heterocycles. The Morgan fingerprint density at radius 2 is 1.94 bits per heavy atom. The SMILES string of the molecule is COC(=O)[C@H]1CC[C@H](CNC(=O)c2c(C)nc3c(OCCC(C)C)cc(C)cn23)CC1. The van der Waals surface area contributed by atoms with E-state index in [1.54, 1.807) is 0 Å². The molecule has 0 spiro atoms. The van der Waals surface area contributed by atoms with E-state index in [9.17, 15) is 9.59 Å². The van der Waals surface area contributed by atoms with Crippen LogP contribution in [0.2, 0.25) is 0 Å². The molecule has 2 aromatic heterocycles. The second-order valence-electron chi connectivity index (χ2n) is 9.10. The molecule has 1 aliphatic rings. The minimum atomic E-state index is -0.126. The largest absolute Gasteiger partial charge is 0.490 e. The van der Waals surface area contributed by atoms with Gasteiger partial charge in [0.2, 0.25) is 0 Å². The Balaban J connectivity index is 1.68. The molecule has 0 unspecified atom stereocenters. The van der Waals surface area contributed by atoms with Crippen LogP contribution in [0.3, 0.4) is 0 Å². The molecule has 0 atom stereocenters. The summed E-state index contributed by atoms with van der Waals surface area (Å²) in [6, 6.07) is 1.98. The van der Waals surface area contributed by atoms with Gasteiger partial charge in [-0.2, -0.15) is 0 Å². The molecule has 170 valence electrons. The number of fused-ring (bicyclic) bond motifs is 1. The number of methoxy groups -OCH3 is 1. The first kappa shape index (κ1) is 23.1. The van der Waals surface area contributed by atoms with Crippen LogP contribution >= 0.6 is 0 Å². The van der Waals surface area contributed by atoms with Crippen molar-refractivity contribution < 1.29 is 19.1 Å². The predicted molar refractivity (Wildman–Crippen MR) is 119 cm³/mol. The molecular formula is C24H35N3O4. The Kier molecular flexibility index (Phi) is 7.57. The van der Waals surface area contributed by atoms with Crippen LogP contribution in [0.1, 0.15) is 67.7 Å². The van der Waals surface area contributed by atoms with Crippen LogP contribution in [0, 0.1) is 31.6 Å². The van der Waals surface area contributed by atoms with Crippen LogP contribution in [0.4, 0.5) is 0 Å². The first-order valence-corrected chi connectivity index (χ1v) is 11.3. The van der Waals surface area contributed by atoms with Gasteiger partial charge in [-0.25, -0.2) is 4.98 Å². The minimum Gasteiger partial charge on any atom is -0.490 e. The van der Waals surface area contributed by atoms with Gasteiger partial charge >= 0.3 is 5.97 Å². The number of nitrogens with zero attached hydrogens (tertiary/aromatic N) is 2. The van der Waals surface area contributed by atoms with Gasteiger partial charge in [0, 0.05) is 12.7 Å². The number of aryl methyl sites for hydroxylation is 2. The topological polar surface area (TPSA) is 81.9 Å². The van der Waals surface area contributed by atoms with Crippen molar-refractivity contribution in [3.63, 3.8) is 0 Å². The maximum absolute atomic E-state index is 13.0. The van der Waals surface area contributed by atoms with Gasteiger partial charge in [-0.05, 0) is 69.4 Å². The number of carbonyl (C=O) groups is 2. The predicted octanol–water partition coefficient (Wildman–Crippen LogP) is 4.09. The first-order chi connectivity index (χ1) is 14.8. The fraction of sp³-hybridized carbons (Fsp3) is 0.625. The Hall–Kier alpha value is -2.57. The minimum absolute atomic E-state index is 0.00457. The Labute approximate surface area is 184 Å². The highest BCUT2D eigenvalue weighted by Crippen LogP contribution is 2.29. The van der Waals surface area contributed by atoms with E-state index in [-0.39, 0.29) is 17.8 Å². The second-order valence-corrected chi connectivity index (χ2v) is 9.10. The summed E-state index contributed by atoms with van der Waals surface area (Å²) in [4.78, 5) is 29.4. The third kappa shape index (κ3) is 5.57. The van der Waals surface area contributed by atoms with E-state index in [4.69, 9.17) is 9.47 Å². The average Bonchev–Trinajstić information content (AvgIpc) is 3.07. The summed E-state index contributed by atoms with van der Waals surface area (Å²) in [5, 5.41) is 3.09. The number of amides is 1. The normalized spacial score (nSPS) is 18.9. The molecule has 7 heteroatoms. The number of rotatable bonds is 8. The number of pyridine rings is 1. The summed E-state index contributed by atoms with van der Waals surface area (Å²) < 4.78 is 12.7. The number of carbonyl (C=O) groups excluding carboxylic acids is 2. The number of ether oxygens (including phenoxy) is 2. The maximum Gasteiger partial charge on any atom is 0.308 e. The number of esters is 1. The summed E-state index contributed by atoms with van der Waals surface area (Å²) in [6.07, 6.45) is 6.36. The molecule has 0 saturated heterocycles. The van der Waals surface area contributed by atoms with Gasteiger partial charge in [-0.1, -0.05) is 13.8 Å². The summed E-state index contributed by atoms with van der Waals surface area (Å²) >= 11 is 0. The molecule has 1 fully saturated rings. The third-order valence-corrected chi connectivity index (χ3v) is 6.10. The van der Waals surface area contributed by atoms with Crippen LogP contribution < -0.4 is 10.1 Å². The molecule has 3 rings (SSSR count). The second kappa shape index (κ2) is 10.2. The van der Waals surface area contributed by atoms with Gasteiger partial charge in [-0.15, -0.1) is 0 Å². The molecular weight excluding hydrogens is 394 g/mol. The van der Waals surface area contributed by atoms with Gasteiger partial charge < -0.3 is 14.8 Å². The van der Waals surface area contributed by atoms with E-state index in [0.29, 0.717) is 47.8 Å². The average molecular weight is 430 g/mol. The molecule has 2 aromatic rings. The molecule has 1 amide bonds. The molecule has 1 N–H and O–H groups in total. The van der Waals surface area contributed by atoms with Crippen LogP contribution in [0.5, 0.6) is 5.75 Å². The van der Waals surface area contributed by atoms with Crippen molar-refractivity contribution in [3.8, 4) is 5.75 Å². The van der Waals surface area contributed by atoms with Gasteiger partial charge in [0.25, 0.3) is 5.91 Å². The number of nitrogens with one attached hydrogen (secondary N) is 1. The van der Waals surface area contributed by atoms with Crippen LogP contribution in [0.25, 0.3) is 5.65 Å². The highest BCUT2D eigenvalue weighted by molar-refractivity contribution is 5.95. The smallest absolute Gasteiger partial charge is 0.308 e. The van der Waals surface area contributed by atoms with Crippen molar-refractivity contribution >= 4 is 17.5 Å². The highest BCUT2D eigenvalue weighted by Gasteiger charge is 2.27. The van der Waals surface area contributed by atoms with Gasteiger partial charge in [-0.3, -0.25) is 14.0 Å². The van der Waals surface area contributed by atoms with Crippen molar-refractivity contribution in [1.29, 1.82) is 0 Å².